The lowest BCUT2D eigenvalue weighted by atomic mass is 10.0. The van der Waals surface area contributed by atoms with Crippen molar-refractivity contribution in [2.45, 2.75) is 39.7 Å². The Morgan fingerprint density at radius 3 is 2.45 bits per heavy atom. The third-order valence-corrected chi connectivity index (χ3v) is 2.83. The van der Waals surface area contributed by atoms with Gasteiger partial charge in [-0.25, -0.2) is 4.79 Å². The molecule has 0 aromatic heterocycles. The second kappa shape index (κ2) is 6.99. The number of rotatable bonds is 3. The Morgan fingerprint density at radius 2 is 1.95 bits per heavy atom. The molecule has 0 saturated carbocycles. The summed E-state index contributed by atoms with van der Waals surface area (Å²) < 4.78 is 9.86. The molecule has 0 spiro atoms. The van der Waals surface area contributed by atoms with E-state index in [4.69, 9.17) is 11.2 Å². The topological polar surface area (TPSA) is 64.6 Å². The summed E-state index contributed by atoms with van der Waals surface area (Å²) in [6.07, 6.45) is 4.98. The van der Waals surface area contributed by atoms with E-state index >= 15 is 0 Å². The van der Waals surface area contributed by atoms with Crippen molar-refractivity contribution in [1.29, 1.82) is 0 Å². The van der Waals surface area contributed by atoms with Crippen LogP contribution in [0.5, 0.6) is 0 Å². The largest absolute Gasteiger partial charge is 0.469 e. The standard InChI is InChI=1S/C17H21NO4/c1-7-13-8-12(10-15(19)21-6)9-14(11(13)2)18-16(20)22-17(3,4)5/h1,8-9H,10H2,2-6H3,(H,18,20). The molecule has 0 radical (unpaired) electrons. The number of terminal acetylenes is 1. The van der Waals surface area contributed by atoms with Crippen LogP contribution in [-0.2, 0) is 20.7 Å². The van der Waals surface area contributed by atoms with Crippen LogP contribution in [0.25, 0.3) is 0 Å². The number of ether oxygens (including phenoxy) is 2. The number of anilines is 1. The highest BCUT2D eigenvalue weighted by Gasteiger charge is 2.18. The number of amides is 1. The highest BCUT2D eigenvalue weighted by Crippen LogP contribution is 2.23. The molecule has 22 heavy (non-hydrogen) atoms. The zero-order chi connectivity index (χ0) is 16.9. The highest BCUT2D eigenvalue weighted by atomic mass is 16.6. The lowest BCUT2D eigenvalue weighted by Gasteiger charge is -2.20. The van der Waals surface area contributed by atoms with E-state index in [-0.39, 0.29) is 12.4 Å². The fourth-order valence-corrected chi connectivity index (χ4v) is 1.81. The molecule has 1 amide bonds. The lowest BCUT2D eigenvalue weighted by molar-refractivity contribution is -0.139. The molecule has 0 fully saturated rings. The highest BCUT2D eigenvalue weighted by molar-refractivity contribution is 5.87. The first-order valence-electron chi connectivity index (χ1n) is 6.83. The Balaban J connectivity index is 3.07. The predicted octanol–water partition coefficient (Wildman–Crippen LogP) is 3.04. The Bertz CT molecular complexity index is 621. The fraction of sp³-hybridized carbons (Fsp3) is 0.412. The molecule has 1 aromatic rings. The van der Waals surface area contributed by atoms with Gasteiger partial charge in [0.2, 0.25) is 0 Å². The summed E-state index contributed by atoms with van der Waals surface area (Å²) >= 11 is 0. The first-order valence-corrected chi connectivity index (χ1v) is 6.83. The van der Waals surface area contributed by atoms with Crippen molar-refractivity contribution >= 4 is 17.7 Å². The van der Waals surface area contributed by atoms with E-state index in [1.54, 1.807) is 39.8 Å². The van der Waals surface area contributed by atoms with Crippen LogP contribution in [0.4, 0.5) is 10.5 Å². The summed E-state index contributed by atoms with van der Waals surface area (Å²) in [7, 11) is 1.32. The Hall–Kier alpha value is -2.48. The maximum atomic E-state index is 11.9. The van der Waals surface area contributed by atoms with Gasteiger partial charge >= 0.3 is 12.1 Å². The van der Waals surface area contributed by atoms with E-state index in [1.807, 2.05) is 0 Å². The van der Waals surface area contributed by atoms with Crippen molar-refractivity contribution < 1.29 is 19.1 Å². The maximum Gasteiger partial charge on any atom is 0.412 e. The number of nitrogens with one attached hydrogen (secondary N) is 1. The number of methoxy groups -OCH3 is 1. The van der Waals surface area contributed by atoms with Crippen LogP contribution in [0.15, 0.2) is 12.1 Å². The smallest absolute Gasteiger partial charge is 0.412 e. The number of hydrogen-bond acceptors (Lipinski definition) is 4. The molecule has 0 aliphatic carbocycles. The van der Waals surface area contributed by atoms with Crippen molar-refractivity contribution in [3.05, 3.63) is 28.8 Å². The molecule has 0 aliphatic rings. The quantitative estimate of drug-likeness (QED) is 0.688. The molecule has 118 valence electrons. The fourth-order valence-electron chi connectivity index (χ4n) is 1.81. The number of esters is 1. The molecule has 1 aromatic carbocycles. The average Bonchev–Trinajstić information content (AvgIpc) is 2.39. The summed E-state index contributed by atoms with van der Waals surface area (Å²) in [6.45, 7) is 7.13. The van der Waals surface area contributed by atoms with Gasteiger partial charge in [0, 0.05) is 11.3 Å². The van der Waals surface area contributed by atoms with Crippen LogP contribution in [0.1, 0.15) is 37.5 Å². The van der Waals surface area contributed by atoms with Crippen LogP contribution in [-0.4, -0.2) is 24.8 Å². The van der Waals surface area contributed by atoms with Gasteiger partial charge in [0.25, 0.3) is 0 Å². The molecule has 5 nitrogen and oxygen atoms in total. The second-order valence-corrected chi connectivity index (χ2v) is 5.84. The van der Waals surface area contributed by atoms with Crippen LogP contribution in [0.2, 0.25) is 0 Å². The first-order chi connectivity index (χ1) is 10.2. The molecule has 0 atom stereocenters. The minimum atomic E-state index is -0.601. The Labute approximate surface area is 131 Å². The van der Waals surface area contributed by atoms with Crippen LogP contribution < -0.4 is 5.32 Å². The van der Waals surface area contributed by atoms with Crippen molar-refractivity contribution in [3.8, 4) is 12.3 Å². The van der Waals surface area contributed by atoms with Crippen LogP contribution >= 0.6 is 0 Å². The van der Waals surface area contributed by atoms with Crippen molar-refractivity contribution in [2.24, 2.45) is 0 Å². The summed E-state index contributed by atoms with van der Waals surface area (Å²) in [4.78, 5) is 23.3. The van der Waals surface area contributed by atoms with Gasteiger partial charge in [0.15, 0.2) is 0 Å². The minimum Gasteiger partial charge on any atom is -0.469 e. The van der Waals surface area contributed by atoms with Crippen LogP contribution in [0.3, 0.4) is 0 Å². The number of hydrogen-bond donors (Lipinski definition) is 1. The normalized spacial score (nSPS) is 10.5. The zero-order valence-electron chi connectivity index (χ0n) is 13.6. The summed E-state index contributed by atoms with van der Waals surface area (Å²) in [6, 6.07) is 3.42. The van der Waals surface area contributed by atoms with Gasteiger partial charge in [-0.1, -0.05) is 5.92 Å². The van der Waals surface area contributed by atoms with Crippen molar-refractivity contribution in [3.63, 3.8) is 0 Å². The molecule has 1 rings (SSSR count). The molecule has 0 bridgehead atoms. The third kappa shape index (κ3) is 5.13. The van der Waals surface area contributed by atoms with E-state index < -0.39 is 11.7 Å². The molecule has 0 saturated heterocycles. The van der Waals surface area contributed by atoms with Gasteiger partial charge in [-0.05, 0) is 51.0 Å². The van der Waals surface area contributed by atoms with Gasteiger partial charge in [0.1, 0.15) is 5.60 Å². The van der Waals surface area contributed by atoms with Crippen LogP contribution in [0, 0.1) is 19.3 Å². The van der Waals surface area contributed by atoms with Gasteiger partial charge in [-0.3, -0.25) is 10.1 Å². The summed E-state index contributed by atoms with van der Waals surface area (Å²) in [5, 5.41) is 2.66. The SMILES string of the molecule is C#Cc1cc(CC(=O)OC)cc(NC(=O)OC(C)(C)C)c1C. The minimum absolute atomic E-state index is 0.0778. The summed E-state index contributed by atoms with van der Waals surface area (Å²) in [5.41, 5.74) is 1.92. The molecule has 5 heteroatoms. The number of carbonyl (C=O) groups is 2. The predicted molar refractivity (Wildman–Crippen MR) is 84.7 cm³/mol. The molecule has 0 aliphatic heterocycles. The molecular formula is C17H21NO4. The first kappa shape index (κ1) is 17.6. The van der Waals surface area contributed by atoms with E-state index in [2.05, 4.69) is 16.0 Å². The summed E-state index contributed by atoms with van der Waals surface area (Å²) in [5.74, 6) is 2.16. The second-order valence-electron chi connectivity index (χ2n) is 5.84. The Morgan fingerprint density at radius 1 is 1.32 bits per heavy atom. The van der Waals surface area contributed by atoms with Crippen molar-refractivity contribution in [2.75, 3.05) is 12.4 Å². The molecule has 0 heterocycles. The molecule has 0 unspecified atom stereocenters. The molecule has 1 N–H and O–H groups in total. The van der Waals surface area contributed by atoms with E-state index in [9.17, 15) is 9.59 Å². The lowest BCUT2D eigenvalue weighted by Crippen LogP contribution is -2.27. The van der Waals surface area contributed by atoms with Gasteiger partial charge in [0.05, 0.1) is 13.5 Å². The van der Waals surface area contributed by atoms with Gasteiger partial charge in [-0.2, -0.15) is 0 Å². The third-order valence-electron chi connectivity index (χ3n) is 2.83. The van der Waals surface area contributed by atoms with E-state index in [0.717, 1.165) is 5.56 Å². The average molecular weight is 303 g/mol. The van der Waals surface area contributed by atoms with Crippen molar-refractivity contribution in [1.82, 2.24) is 0 Å². The maximum absolute atomic E-state index is 11.9. The number of carbonyl (C=O) groups excluding carboxylic acids is 2. The monoisotopic (exact) mass is 303 g/mol. The zero-order valence-corrected chi connectivity index (χ0v) is 13.6. The van der Waals surface area contributed by atoms with E-state index in [0.29, 0.717) is 16.8 Å². The Kier molecular flexibility index (Phi) is 5.58. The molecular weight excluding hydrogens is 282 g/mol. The van der Waals surface area contributed by atoms with Gasteiger partial charge in [-0.15, -0.1) is 6.42 Å². The van der Waals surface area contributed by atoms with Gasteiger partial charge < -0.3 is 9.47 Å². The van der Waals surface area contributed by atoms with E-state index in [1.165, 1.54) is 7.11 Å². The number of benzene rings is 1.